The Bertz CT molecular complexity index is 556. The van der Waals surface area contributed by atoms with E-state index in [0.29, 0.717) is 5.88 Å². The van der Waals surface area contributed by atoms with Crippen molar-refractivity contribution in [3.05, 3.63) is 40.2 Å². The summed E-state index contributed by atoms with van der Waals surface area (Å²) in [6.07, 6.45) is 1.73. The minimum atomic E-state index is 0.146. The minimum absolute atomic E-state index is 0.146. The number of nitriles is 1. The summed E-state index contributed by atoms with van der Waals surface area (Å²) >= 11 is 1.50. The molecule has 0 aliphatic heterocycles. The van der Waals surface area contributed by atoms with Crippen LogP contribution in [0.25, 0.3) is 0 Å². The number of nitrogens with zero attached hydrogens (tertiary/aromatic N) is 2. The van der Waals surface area contributed by atoms with Crippen LogP contribution in [-0.2, 0) is 0 Å². The Morgan fingerprint density at radius 3 is 2.78 bits per heavy atom. The monoisotopic (exact) mass is 259 g/mol. The lowest BCUT2D eigenvalue weighted by Gasteiger charge is -2.13. The van der Waals surface area contributed by atoms with Gasteiger partial charge < -0.3 is 10.1 Å². The topological polar surface area (TPSA) is 57.9 Å². The summed E-state index contributed by atoms with van der Waals surface area (Å²) < 4.78 is 5.00. The molecule has 2 rings (SSSR count). The van der Waals surface area contributed by atoms with Crippen LogP contribution in [0.3, 0.4) is 0 Å². The van der Waals surface area contributed by atoms with E-state index in [2.05, 4.69) is 23.3 Å². The smallest absolute Gasteiger partial charge is 0.213 e. The number of rotatable bonds is 4. The summed E-state index contributed by atoms with van der Waals surface area (Å²) in [5, 5.41) is 12.1. The summed E-state index contributed by atoms with van der Waals surface area (Å²) in [6.45, 7) is 2.05. The standard InChI is InChI=1S/C13H13N3OS/c1-9(12-5-4-11(7-14)18-12)16-10-3-6-13(17-2)15-8-10/h3-6,8-9,16H,1-2H3/t9-/m0/s1. The van der Waals surface area contributed by atoms with Crippen LogP contribution >= 0.6 is 11.3 Å². The molecule has 18 heavy (non-hydrogen) atoms. The van der Waals surface area contributed by atoms with E-state index >= 15 is 0 Å². The third-order valence-electron chi connectivity index (χ3n) is 2.49. The molecule has 0 radical (unpaired) electrons. The first-order valence-corrected chi connectivity index (χ1v) is 6.31. The van der Waals surface area contributed by atoms with Gasteiger partial charge in [-0.25, -0.2) is 4.98 Å². The van der Waals surface area contributed by atoms with Crippen molar-refractivity contribution >= 4 is 17.0 Å². The molecular weight excluding hydrogens is 246 g/mol. The van der Waals surface area contributed by atoms with Crippen LogP contribution in [0.15, 0.2) is 30.5 Å². The lowest BCUT2D eigenvalue weighted by Crippen LogP contribution is -2.05. The molecule has 0 unspecified atom stereocenters. The van der Waals surface area contributed by atoms with Gasteiger partial charge in [0.15, 0.2) is 0 Å². The summed E-state index contributed by atoms with van der Waals surface area (Å²) in [7, 11) is 1.59. The molecular formula is C13H13N3OS. The van der Waals surface area contributed by atoms with Crippen LogP contribution in [0.4, 0.5) is 5.69 Å². The van der Waals surface area contributed by atoms with Gasteiger partial charge in [-0.1, -0.05) is 0 Å². The molecule has 2 aromatic heterocycles. The highest BCUT2D eigenvalue weighted by atomic mass is 32.1. The Hall–Kier alpha value is -2.06. The van der Waals surface area contributed by atoms with Crippen molar-refractivity contribution in [3.8, 4) is 11.9 Å². The molecule has 0 bridgehead atoms. The largest absolute Gasteiger partial charge is 0.481 e. The predicted octanol–water partition coefficient (Wildman–Crippen LogP) is 3.20. The Balaban J connectivity index is 2.06. The third kappa shape index (κ3) is 2.79. The summed E-state index contributed by atoms with van der Waals surface area (Å²) in [4.78, 5) is 5.99. The van der Waals surface area contributed by atoms with E-state index in [0.717, 1.165) is 15.4 Å². The zero-order valence-corrected chi connectivity index (χ0v) is 11.0. The molecule has 0 fully saturated rings. The Morgan fingerprint density at radius 1 is 1.39 bits per heavy atom. The lowest BCUT2D eigenvalue weighted by atomic mass is 10.2. The maximum absolute atomic E-state index is 8.80. The third-order valence-corrected chi connectivity index (χ3v) is 3.67. The van der Waals surface area contributed by atoms with Gasteiger partial charge in [0.1, 0.15) is 10.9 Å². The van der Waals surface area contributed by atoms with Gasteiger partial charge in [-0.3, -0.25) is 0 Å². The first kappa shape index (κ1) is 12.4. The summed E-state index contributed by atoms with van der Waals surface area (Å²) in [6, 6.07) is 9.82. The highest BCUT2D eigenvalue weighted by Gasteiger charge is 2.08. The van der Waals surface area contributed by atoms with E-state index in [9.17, 15) is 0 Å². The van der Waals surface area contributed by atoms with Gasteiger partial charge >= 0.3 is 0 Å². The van der Waals surface area contributed by atoms with Crippen molar-refractivity contribution in [3.63, 3.8) is 0 Å². The second-order valence-electron chi connectivity index (χ2n) is 3.77. The van der Waals surface area contributed by atoms with Gasteiger partial charge in [0.05, 0.1) is 25.0 Å². The highest BCUT2D eigenvalue weighted by molar-refractivity contribution is 7.12. The molecule has 1 N–H and O–H groups in total. The fourth-order valence-corrected chi connectivity index (χ4v) is 2.36. The lowest BCUT2D eigenvalue weighted by molar-refractivity contribution is 0.398. The fraction of sp³-hybridized carbons (Fsp3) is 0.231. The summed E-state index contributed by atoms with van der Waals surface area (Å²) in [5.41, 5.74) is 0.926. The number of ether oxygens (including phenoxy) is 1. The Labute approximate surface area is 110 Å². The van der Waals surface area contributed by atoms with E-state index < -0.39 is 0 Å². The molecule has 5 heteroatoms. The summed E-state index contributed by atoms with van der Waals surface area (Å²) in [5.74, 6) is 0.594. The second-order valence-corrected chi connectivity index (χ2v) is 4.88. The average molecular weight is 259 g/mol. The first-order chi connectivity index (χ1) is 8.72. The van der Waals surface area contributed by atoms with Crippen molar-refractivity contribution in [2.45, 2.75) is 13.0 Å². The van der Waals surface area contributed by atoms with E-state index in [1.807, 2.05) is 24.3 Å². The minimum Gasteiger partial charge on any atom is -0.481 e. The SMILES string of the molecule is COc1ccc(N[C@@H](C)c2ccc(C#N)s2)cn1. The quantitative estimate of drug-likeness (QED) is 0.916. The Kier molecular flexibility index (Phi) is 3.80. The number of pyridine rings is 1. The maximum Gasteiger partial charge on any atom is 0.213 e. The second kappa shape index (κ2) is 5.52. The van der Waals surface area contributed by atoms with Gasteiger partial charge in [-0.15, -0.1) is 11.3 Å². The molecule has 0 saturated heterocycles. The molecule has 4 nitrogen and oxygen atoms in total. The molecule has 0 aliphatic carbocycles. The number of methoxy groups -OCH3 is 1. The van der Waals surface area contributed by atoms with Crippen LogP contribution in [0, 0.1) is 11.3 Å². The maximum atomic E-state index is 8.80. The molecule has 1 atom stereocenters. The molecule has 2 aromatic rings. The van der Waals surface area contributed by atoms with Crippen molar-refractivity contribution in [1.82, 2.24) is 4.98 Å². The van der Waals surface area contributed by atoms with E-state index in [4.69, 9.17) is 10.00 Å². The molecule has 0 aromatic carbocycles. The van der Waals surface area contributed by atoms with Crippen LogP contribution in [0.1, 0.15) is 22.7 Å². The zero-order valence-electron chi connectivity index (χ0n) is 10.2. The van der Waals surface area contributed by atoms with Crippen LogP contribution < -0.4 is 10.1 Å². The first-order valence-electron chi connectivity index (χ1n) is 5.49. The number of hydrogen-bond acceptors (Lipinski definition) is 5. The van der Waals surface area contributed by atoms with Gasteiger partial charge in [0, 0.05) is 10.9 Å². The van der Waals surface area contributed by atoms with E-state index in [1.165, 1.54) is 11.3 Å². The highest BCUT2D eigenvalue weighted by Crippen LogP contribution is 2.25. The number of nitrogens with one attached hydrogen (secondary N) is 1. The van der Waals surface area contributed by atoms with E-state index in [-0.39, 0.29) is 6.04 Å². The number of hydrogen-bond donors (Lipinski definition) is 1. The van der Waals surface area contributed by atoms with Crippen molar-refractivity contribution in [1.29, 1.82) is 5.26 Å². The van der Waals surface area contributed by atoms with E-state index in [1.54, 1.807) is 13.3 Å². The predicted molar refractivity (Wildman–Crippen MR) is 71.9 cm³/mol. The molecule has 0 aliphatic rings. The number of aromatic nitrogens is 1. The number of thiophene rings is 1. The van der Waals surface area contributed by atoms with Crippen molar-refractivity contribution < 1.29 is 4.74 Å². The van der Waals surface area contributed by atoms with Gasteiger partial charge in [0.25, 0.3) is 0 Å². The van der Waals surface area contributed by atoms with Gasteiger partial charge in [-0.2, -0.15) is 5.26 Å². The Morgan fingerprint density at radius 2 is 2.22 bits per heavy atom. The molecule has 92 valence electrons. The zero-order chi connectivity index (χ0) is 13.0. The van der Waals surface area contributed by atoms with Crippen LogP contribution in [0.2, 0.25) is 0 Å². The molecule has 0 spiro atoms. The fourth-order valence-electron chi connectivity index (χ4n) is 1.55. The molecule has 0 amide bonds. The van der Waals surface area contributed by atoms with Crippen molar-refractivity contribution in [2.75, 3.05) is 12.4 Å². The van der Waals surface area contributed by atoms with Crippen LogP contribution in [0.5, 0.6) is 5.88 Å². The molecule has 2 heterocycles. The number of anilines is 1. The van der Waals surface area contributed by atoms with Crippen LogP contribution in [-0.4, -0.2) is 12.1 Å². The van der Waals surface area contributed by atoms with Crippen molar-refractivity contribution in [2.24, 2.45) is 0 Å². The average Bonchev–Trinajstić information content (AvgIpc) is 2.88. The van der Waals surface area contributed by atoms with Gasteiger partial charge in [0.2, 0.25) is 5.88 Å². The molecule has 0 saturated carbocycles. The van der Waals surface area contributed by atoms with Gasteiger partial charge in [-0.05, 0) is 25.1 Å². The normalized spacial score (nSPS) is 11.6.